The molecule has 0 aliphatic rings. The zero-order chi connectivity index (χ0) is 23.2. The Labute approximate surface area is 200 Å². The maximum Gasteiger partial charge on any atom is 0.234 e. The molecule has 33 heavy (non-hydrogen) atoms. The number of thioether (sulfide) groups is 1. The number of ether oxygens (including phenoxy) is 1. The van der Waals surface area contributed by atoms with Crippen molar-refractivity contribution in [3.63, 3.8) is 0 Å². The molecule has 0 spiro atoms. The number of nitriles is 1. The minimum Gasteiger partial charge on any atom is -0.497 e. The van der Waals surface area contributed by atoms with E-state index in [1.54, 1.807) is 25.3 Å². The van der Waals surface area contributed by atoms with Crippen LogP contribution in [0.4, 0.5) is 5.69 Å². The van der Waals surface area contributed by atoms with Gasteiger partial charge in [0.15, 0.2) is 11.0 Å². The molecule has 1 amide bonds. The molecule has 0 bridgehead atoms. The van der Waals surface area contributed by atoms with E-state index in [-0.39, 0.29) is 16.7 Å². The summed E-state index contributed by atoms with van der Waals surface area (Å²) in [6, 6.07) is 24.0. The molecule has 4 rings (SSSR count). The molecule has 0 fully saturated rings. The third kappa shape index (κ3) is 5.17. The zero-order valence-corrected chi connectivity index (χ0v) is 19.1. The van der Waals surface area contributed by atoms with Crippen molar-refractivity contribution in [3.05, 3.63) is 83.4 Å². The Morgan fingerprint density at radius 2 is 1.94 bits per heavy atom. The molecule has 1 heterocycles. The molecule has 1 aromatic heterocycles. The second-order valence-electron chi connectivity index (χ2n) is 6.85. The maximum atomic E-state index is 12.5. The second-order valence-corrected chi connectivity index (χ2v) is 8.20. The normalized spacial score (nSPS) is 10.5. The molecule has 0 saturated heterocycles. The summed E-state index contributed by atoms with van der Waals surface area (Å²) in [7, 11) is 1.61. The number of halogens is 1. The lowest BCUT2D eigenvalue weighted by Gasteiger charge is -2.11. The quantitative estimate of drug-likeness (QED) is 0.369. The van der Waals surface area contributed by atoms with Gasteiger partial charge < -0.3 is 10.1 Å². The van der Waals surface area contributed by atoms with Crippen LogP contribution >= 0.6 is 23.4 Å². The van der Waals surface area contributed by atoms with Gasteiger partial charge in [-0.3, -0.25) is 9.36 Å². The molecule has 0 unspecified atom stereocenters. The molecule has 0 atom stereocenters. The predicted octanol–water partition coefficient (Wildman–Crippen LogP) is 5.20. The first-order valence-corrected chi connectivity index (χ1v) is 11.2. The topological polar surface area (TPSA) is 92.8 Å². The molecule has 7 nitrogen and oxygen atoms in total. The van der Waals surface area contributed by atoms with E-state index in [4.69, 9.17) is 21.6 Å². The molecule has 0 saturated carbocycles. The largest absolute Gasteiger partial charge is 0.497 e. The Balaban J connectivity index is 1.57. The fraction of sp³-hybridized carbons (Fsp3) is 0.0833. The van der Waals surface area contributed by atoms with Gasteiger partial charge in [-0.15, -0.1) is 10.2 Å². The molecule has 0 radical (unpaired) electrons. The number of hydrogen-bond donors (Lipinski definition) is 1. The number of hydrogen-bond acceptors (Lipinski definition) is 6. The first-order chi connectivity index (χ1) is 16.1. The number of carbonyl (C=O) groups is 1. The van der Waals surface area contributed by atoms with Gasteiger partial charge in [0.1, 0.15) is 11.8 Å². The van der Waals surface area contributed by atoms with Crippen LogP contribution in [0.25, 0.3) is 17.1 Å². The van der Waals surface area contributed by atoms with Crippen molar-refractivity contribution < 1.29 is 9.53 Å². The van der Waals surface area contributed by atoms with E-state index < -0.39 is 0 Å². The molecule has 1 N–H and O–H groups in total. The summed E-state index contributed by atoms with van der Waals surface area (Å²) < 4.78 is 7.25. The number of nitrogens with one attached hydrogen (secondary N) is 1. The van der Waals surface area contributed by atoms with Crippen molar-refractivity contribution >= 4 is 35.0 Å². The van der Waals surface area contributed by atoms with Gasteiger partial charge in [-0.25, -0.2) is 0 Å². The number of aromatic nitrogens is 3. The summed E-state index contributed by atoms with van der Waals surface area (Å²) in [6.07, 6.45) is 0. The van der Waals surface area contributed by atoms with Crippen molar-refractivity contribution in [1.29, 1.82) is 5.26 Å². The van der Waals surface area contributed by atoms with Gasteiger partial charge in [0, 0.05) is 16.9 Å². The lowest BCUT2D eigenvalue weighted by atomic mass is 10.2. The third-order valence-electron chi connectivity index (χ3n) is 4.68. The van der Waals surface area contributed by atoms with Crippen molar-refractivity contribution in [1.82, 2.24) is 14.8 Å². The highest BCUT2D eigenvalue weighted by molar-refractivity contribution is 7.99. The Kier molecular flexibility index (Phi) is 6.93. The van der Waals surface area contributed by atoms with Crippen LogP contribution in [0, 0.1) is 11.3 Å². The third-order valence-corrected chi connectivity index (χ3v) is 5.92. The lowest BCUT2D eigenvalue weighted by molar-refractivity contribution is -0.113. The van der Waals surface area contributed by atoms with Crippen molar-refractivity contribution in [3.8, 4) is 28.9 Å². The van der Waals surface area contributed by atoms with Crippen molar-refractivity contribution in [2.24, 2.45) is 0 Å². The first-order valence-electron chi connectivity index (χ1n) is 9.86. The zero-order valence-electron chi connectivity index (χ0n) is 17.5. The number of amides is 1. The summed E-state index contributed by atoms with van der Waals surface area (Å²) >= 11 is 7.31. The summed E-state index contributed by atoms with van der Waals surface area (Å²) in [5, 5.41) is 21.4. The van der Waals surface area contributed by atoms with E-state index in [2.05, 4.69) is 15.5 Å². The number of anilines is 1. The molecule has 0 aliphatic carbocycles. The van der Waals surface area contributed by atoms with Crippen LogP contribution in [0.1, 0.15) is 5.56 Å². The van der Waals surface area contributed by atoms with E-state index in [0.29, 0.717) is 28.0 Å². The maximum absolute atomic E-state index is 12.5. The molecular formula is C24H18ClN5O2S. The van der Waals surface area contributed by atoms with E-state index in [1.165, 1.54) is 11.8 Å². The van der Waals surface area contributed by atoms with Crippen molar-refractivity contribution in [2.45, 2.75) is 5.16 Å². The van der Waals surface area contributed by atoms with Crippen LogP contribution < -0.4 is 10.1 Å². The van der Waals surface area contributed by atoms with Gasteiger partial charge in [-0.2, -0.15) is 5.26 Å². The molecule has 4 aromatic rings. The highest BCUT2D eigenvalue weighted by Gasteiger charge is 2.18. The van der Waals surface area contributed by atoms with E-state index in [9.17, 15) is 4.79 Å². The fourth-order valence-corrected chi connectivity index (χ4v) is 4.11. The average Bonchev–Trinajstić information content (AvgIpc) is 3.27. The van der Waals surface area contributed by atoms with Crippen LogP contribution in [0.3, 0.4) is 0 Å². The second kappa shape index (κ2) is 10.2. The van der Waals surface area contributed by atoms with E-state index in [1.807, 2.05) is 65.2 Å². The fourth-order valence-electron chi connectivity index (χ4n) is 3.13. The number of para-hydroxylation sites is 1. The smallest absolute Gasteiger partial charge is 0.234 e. The number of nitrogens with zero attached hydrogens (tertiary/aromatic N) is 4. The van der Waals surface area contributed by atoms with Crippen molar-refractivity contribution in [2.75, 3.05) is 18.2 Å². The van der Waals surface area contributed by atoms with E-state index in [0.717, 1.165) is 11.3 Å². The van der Waals surface area contributed by atoms with Gasteiger partial charge in [-0.1, -0.05) is 53.7 Å². The van der Waals surface area contributed by atoms with Crippen LogP contribution in [0.15, 0.2) is 78.0 Å². The molecule has 9 heteroatoms. The molecular weight excluding hydrogens is 458 g/mol. The number of rotatable bonds is 7. The van der Waals surface area contributed by atoms with E-state index >= 15 is 0 Å². The van der Waals surface area contributed by atoms with Gasteiger partial charge in [0.2, 0.25) is 5.91 Å². The Morgan fingerprint density at radius 1 is 1.12 bits per heavy atom. The lowest BCUT2D eigenvalue weighted by Crippen LogP contribution is -2.14. The molecule has 0 aliphatic heterocycles. The number of carbonyl (C=O) groups excluding carboxylic acids is 1. The first kappa shape index (κ1) is 22.4. The number of methoxy groups -OCH3 is 1. The minimum absolute atomic E-state index is 0.112. The minimum atomic E-state index is -0.230. The van der Waals surface area contributed by atoms with Crippen LogP contribution in [0.2, 0.25) is 5.02 Å². The summed E-state index contributed by atoms with van der Waals surface area (Å²) in [4.78, 5) is 12.5. The van der Waals surface area contributed by atoms with Crippen LogP contribution in [-0.4, -0.2) is 33.5 Å². The highest BCUT2D eigenvalue weighted by Crippen LogP contribution is 2.30. The molecule has 3 aromatic carbocycles. The van der Waals surface area contributed by atoms with Gasteiger partial charge in [0.05, 0.1) is 23.4 Å². The standard InChI is InChI=1S/C24H18ClN5O2S/c1-32-20-9-5-6-16(12-20)23-28-29-24(30(23)19-7-3-2-4-8-19)33-15-22(31)27-18-11-10-17(14-26)21(25)13-18/h2-13H,15H2,1H3,(H,27,31). The average molecular weight is 476 g/mol. The Morgan fingerprint density at radius 3 is 2.67 bits per heavy atom. The summed E-state index contributed by atoms with van der Waals surface area (Å²) in [5.41, 5.74) is 2.59. The van der Waals surface area contributed by atoms with Gasteiger partial charge in [-0.05, 0) is 42.5 Å². The van der Waals surface area contributed by atoms with Crippen LogP contribution in [-0.2, 0) is 4.79 Å². The predicted molar refractivity (Wildman–Crippen MR) is 129 cm³/mol. The van der Waals surface area contributed by atoms with Crippen LogP contribution in [0.5, 0.6) is 5.75 Å². The Bertz CT molecular complexity index is 1330. The summed E-state index contributed by atoms with van der Waals surface area (Å²) in [6.45, 7) is 0. The highest BCUT2D eigenvalue weighted by atomic mass is 35.5. The molecule has 164 valence electrons. The monoisotopic (exact) mass is 475 g/mol. The SMILES string of the molecule is COc1cccc(-c2nnc(SCC(=O)Nc3ccc(C#N)c(Cl)c3)n2-c2ccccc2)c1. The summed E-state index contributed by atoms with van der Waals surface area (Å²) in [5.74, 6) is 1.23. The number of benzene rings is 3. The Hall–Kier alpha value is -3.80. The van der Waals surface area contributed by atoms with Gasteiger partial charge >= 0.3 is 0 Å². The van der Waals surface area contributed by atoms with Gasteiger partial charge in [0.25, 0.3) is 0 Å².